The molecule has 1 aliphatic heterocycles. The van der Waals surface area contributed by atoms with Gasteiger partial charge in [0.15, 0.2) is 9.84 Å². The monoisotopic (exact) mass is 360 g/mol. The maximum atomic E-state index is 11.8. The number of benzene rings is 1. The smallest absolute Gasteiger partial charge is 0.270 e. The largest absolute Gasteiger partial charge is 0.273 e. The van der Waals surface area contributed by atoms with Crippen LogP contribution in [0.4, 0.5) is 0 Å². The van der Waals surface area contributed by atoms with Crippen molar-refractivity contribution >= 4 is 37.6 Å². The van der Waals surface area contributed by atoms with Crippen LogP contribution in [0.1, 0.15) is 16.8 Å². The molecule has 108 valence electrons. The number of sulfone groups is 1. The molecule has 0 bridgehead atoms. The first kappa shape index (κ1) is 15.0. The van der Waals surface area contributed by atoms with Crippen LogP contribution in [0.3, 0.4) is 0 Å². The van der Waals surface area contributed by atoms with Gasteiger partial charge in [0.1, 0.15) is 0 Å². The third-order valence-corrected chi connectivity index (χ3v) is 5.48. The Kier molecular flexibility index (Phi) is 4.44. The highest BCUT2D eigenvalue weighted by molar-refractivity contribution is 9.10. The molecule has 1 saturated heterocycles. The second kappa shape index (κ2) is 5.92. The molecule has 2 rings (SSSR count). The Bertz CT molecular complexity index is 645. The fourth-order valence-corrected chi connectivity index (χ4v) is 4.14. The topological polar surface area (TPSA) is 92.3 Å². The van der Waals surface area contributed by atoms with E-state index < -0.39 is 27.6 Å². The second-order valence-corrected chi connectivity index (χ2v) is 7.61. The molecule has 2 N–H and O–H groups in total. The lowest BCUT2D eigenvalue weighted by atomic mass is 10.1. The molecule has 1 aromatic carbocycles. The maximum absolute atomic E-state index is 11.8. The van der Waals surface area contributed by atoms with Gasteiger partial charge in [-0.05, 0) is 34.5 Å². The summed E-state index contributed by atoms with van der Waals surface area (Å²) < 4.78 is 23.2. The Labute approximate surface area is 125 Å². The molecule has 0 aliphatic carbocycles. The molecule has 1 aromatic rings. The summed E-state index contributed by atoms with van der Waals surface area (Å²) in [6.07, 6.45) is 0.291. The molecule has 0 unspecified atom stereocenters. The standard InChI is InChI=1S/C12H13BrN2O4S/c13-10-4-2-1-3-9(10)12(17)15-14-11(16)8-5-6-20(18,19)7-8/h1-4,8H,5-7H2,(H,14,16)(H,15,17)/t8-/m0/s1. The van der Waals surface area contributed by atoms with Gasteiger partial charge < -0.3 is 0 Å². The Morgan fingerprint density at radius 3 is 2.50 bits per heavy atom. The first-order valence-electron chi connectivity index (χ1n) is 5.94. The van der Waals surface area contributed by atoms with E-state index in [2.05, 4.69) is 26.8 Å². The second-order valence-electron chi connectivity index (χ2n) is 4.52. The van der Waals surface area contributed by atoms with Crippen molar-refractivity contribution in [3.8, 4) is 0 Å². The van der Waals surface area contributed by atoms with Gasteiger partial charge in [-0.1, -0.05) is 12.1 Å². The summed E-state index contributed by atoms with van der Waals surface area (Å²) in [6.45, 7) is 0. The van der Waals surface area contributed by atoms with Crippen molar-refractivity contribution in [2.45, 2.75) is 6.42 Å². The zero-order chi connectivity index (χ0) is 14.8. The van der Waals surface area contributed by atoms with Crippen LogP contribution in [0.15, 0.2) is 28.7 Å². The molecule has 8 heteroatoms. The Balaban J connectivity index is 1.91. The molecule has 1 fully saturated rings. The minimum Gasteiger partial charge on any atom is -0.273 e. The van der Waals surface area contributed by atoms with Crippen molar-refractivity contribution in [3.05, 3.63) is 34.3 Å². The molecule has 6 nitrogen and oxygen atoms in total. The van der Waals surface area contributed by atoms with Gasteiger partial charge in [0, 0.05) is 4.47 Å². The van der Waals surface area contributed by atoms with E-state index in [1.165, 1.54) is 0 Å². The summed E-state index contributed by atoms with van der Waals surface area (Å²) in [6, 6.07) is 6.78. The lowest BCUT2D eigenvalue weighted by Gasteiger charge is -2.11. The number of rotatable bonds is 2. The van der Waals surface area contributed by atoms with E-state index in [9.17, 15) is 18.0 Å². The summed E-state index contributed by atoms with van der Waals surface area (Å²) in [7, 11) is -3.12. The molecule has 0 radical (unpaired) electrons. The van der Waals surface area contributed by atoms with Gasteiger partial charge in [0.25, 0.3) is 5.91 Å². The zero-order valence-electron chi connectivity index (χ0n) is 10.4. The lowest BCUT2D eigenvalue weighted by Crippen LogP contribution is -2.44. The SMILES string of the molecule is O=C(NNC(=O)[C@H]1CCS(=O)(=O)C1)c1ccccc1Br. The van der Waals surface area contributed by atoms with E-state index in [-0.39, 0.29) is 11.5 Å². The average molecular weight is 361 g/mol. The van der Waals surface area contributed by atoms with E-state index in [1.807, 2.05) is 0 Å². The van der Waals surface area contributed by atoms with E-state index in [0.29, 0.717) is 16.5 Å². The fourth-order valence-electron chi connectivity index (χ4n) is 1.93. The van der Waals surface area contributed by atoms with Crippen LogP contribution in [0.2, 0.25) is 0 Å². The van der Waals surface area contributed by atoms with Gasteiger partial charge in [-0.25, -0.2) is 8.42 Å². The molecule has 0 aromatic heterocycles. The van der Waals surface area contributed by atoms with Crippen LogP contribution in [0, 0.1) is 5.92 Å². The molecular formula is C12H13BrN2O4S. The molecule has 0 spiro atoms. The van der Waals surface area contributed by atoms with Crippen LogP contribution in [-0.4, -0.2) is 31.7 Å². The Hall–Kier alpha value is -1.41. The van der Waals surface area contributed by atoms with Gasteiger partial charge in [-0.3, -0.25) is 20.4 Å². The lowest BCUT2D eigenvalue weighted by molar-refractivity contribution is -0.125. The van der Waals surface area contributed by atoms with Crippen molar-refractivity contribution in [1.29, 1.82) is 0 Å². The predicted molar refractivity (Wildman–Crippen MR) is 76.5 cm³/mol. The number of carbonyl (C=O) groups is 2. The summed E-state index contributed by atoms with van der Waals surface area (Å²) in [5.41, 5.74) is 4.93. The molecule has 1 heterocycles. The van der Waals surface area contributed by atoms with Crippen molar-refractivity contribution in [3.63, 3.8) is 0 Å². The molecule has 1 aliphatic rings. The van der Waals surface area contributed by atoms with Gasteiger partial charge in [0.05, 0.1) is 23.0 Å². The van der Waals surface area contributed by atoms with Crippen LogP contribution in [-0.2, 0) is 14.6 Å². The zero-order valence-corrected chi connectivity index (χ0v) is 12.8. The number of hydrazine groups is 1. The van der Waals surface area contributed by atoms with Crippen molar-refractivity contribution in [2.75, 3.05) is 11.5 Å². The maximum Gasteiger partial charge on any atom is 0.270 e. The molecule has 2 amide bonds. The normalized spacial score (nSPS) is 20.4. The summed E-state index contributed by atoms with van der Waals surface area (Å²) >= 11 is 3.23. The highest BCUT2D eigenvalue weighted by atomic mass is 79.9. The fraction of sp³-hybridized carbons (Fsp3) is 0.333. The van der Waals surface area contributed by atoms with Crippen LogP contribution in [0.25, 0.3) is 0 Å². The number of halogens is 1. The van der Waals surface area contributed by atoms with E-state index in [4.69, 9.17) is 0 Å². The number of amides is 2. The third-order valence-electron chi connectivity index (χ3n) is 3.02. The van der Waals surface area contributed by atoms with Gasteiger partial charge in [0.2, 0.25) is 5.91 Å². The summed E-state index contributed by atoms with van der Waals surface area (Å²) in [4.78, 5) is 23.6. The van der Waals surface area contributed by atoms with Crippen molar-refractivity contribution < 1.29 is 18.0 Å². The molecule has 1 atom stereocenters. The highest BCUT2D eigenvalue weighted by Crippen LogP contribution is 2.18. The van der Waals surface area contributed by atoms with Crippen LogP contribution < -0.4 is 10.9 Å². The first-order valence-corrected chi connectivity index (χ1v) is 8.55. The predicted octanol–water partition coefficient (Wildman–Crippen LogP) is 0.645. The molecule has 20 heavy (non-hydrogen) atoms. The number of hydrogen-bond donors (Lipinski definition) is 2. The number of hydrogen-bond acceptors (Lipinski definition) is 4. The van der Waals surface area contributed by atoms with Gasteiger partial charge in [-0.15, -0.1) is 0 Å². The molecule has 0 saturated carbocycles. The first-order chi connectivity index (χ1) is 9.39. The number of carbonyl (C=O) groups excluding carboxylic acids is 2. The van der Waals surface area contributed by atoms with Crippen LogP contribution in [0.5, 0.6) is 0 Å². The quantitative estimate of drug-likeness (QED) is 0.757. The third kappa shape index (κ3) is 3.57. The minimum absolute atomic E-state index is 0.0171. The number of nitrogens with one attached hydrogen (secondary N) is 2. The van der Waals surface area contributed by atoms with Crippen LogP contribution >= 0.6 is 15.9 Å². The van der Waals surface area contributed by atoms with Crippen molar-refractivity contribution in [1.82, 2.24) is 10.9 Å². The highest BCUT2D eigenvalue weighted by Gasteiger charge is 2.33. The summed E-state index contributed by atoms with van der Waals surface area (Å²) in [5.74, 6) is -1.69. The van der Waals surface area contributed by atoms with Gasteiger partial charge >= 0.3 is 0 Å². The Morgan fingerprint density at radius 2 is 1.90 bits per heavy atom. The minimum atomic E-state index is -3.12. The summed E-state index contributed by atoms with van der Waals surface area (Å²) in [5, 5.41) is 0. The van der Waals surface area contributed by atoms with Crippen molar-refractivity contribution in [2.24, 2.45) is 5.92 Å². The molecular weight excluding hydrogens is 348 g/mol. The average Bonchev–Trinajstić information content (AvgIpc) is 2.76. The van der Waals surface area contributed by atoms with E-state index in [1.54, 1.807) is 24.3 Å². The Morgan fingerprint density at radius 1 is 1.20 bits per heavy atom. The van der Waals surface area contributed by atoms with Gasteiger partial charge in [-0.2, -0.15) is 0 Å². The van der Waals surface area contributed by atoms with E-state index >= 15 is 0 Å². The van der Waals surface area contributed by atoms with E-state index in [0.717, 1.165) is 0 Å².